The third-order valence-electron chi connectivity index (χ3n) is 1.43. The zero-order valence-electron chi connectivity index (χ0n) is 6.92. The lowest BCUT2D eigenvalue weighted by Gasteiger charge is -2.13. The van der Waals surface area contributed by atoms with Crippen molar-refractivity contribution in [2.75, 3.05) is 0 Å². The average Bonchev–Trinajstić information content (AvgIpc) is 1.99. The predicted molar refractivity (Wildman–Crippen MR) is 42.8 cm³/mol. The third-order valence-corrected chi connectivity index (χ3v) is 1.43. The van der Waals surface area contributed by atoms with Crippen molar-refractivity contribution in [1.29, 1.82) is 0 Å². The summed E-state index contributed by atoms with van der Waals surface area (Å²) >= 11 is 0. The van der Waals surface area contributed by atoms with Crippen LogP contribution >= 0.6 is 0 Å². The van der Waals surface area contributed by atoms with E-state index in [4.69, 9.17) is 10.6 Å². The second kappa shape index (κ2) is 5.09. The molecule has 0 spiro atoms. The van der Waals surface area contributed by atoms with Gasteiger partial charge in [-0.15, -0.1) is 5.10 Å². The minimum atomic E-state index is 0.271. The van der Waals surface area contributed by atoms with Gasteiger partial charge < -0.3 is 10.6 Å². The molecule has 3 nitrogen and oxygen atoms in total. The average molecular weight is 144 g/mol. The molecule has 0 bridgehead atoms. The SMILES string of the molecule is CCC(CC)O/C(C)=N\N. The van der Waals surface area contributed by atoms with Gasteiger partial charge in [-0.05, 0) is 12.8 Å². The smallest absolute Gasteiger partial charge is 0.202 e. The number of hydrogen-bond acceptors (Lipinski definition) is 3. The van der Waals surface area contributed by atoms with E-state index in [0.717, 1.165) is 12.8 Å². The molecule has 0 amide bonds. The molecule has 0 radical (unpaired) electrons. The molecule has 0 aliphatic rings. The van der Waals surface area contributed by atoms with Crippen LogP contribution in [0.4, 0.5) is 0 Å². The van der Waals surface area contributed by atoms with E-state index >= 15 is 0 Å². The maximum Gasteiger partial charge on any atom is 0.202 e. The van der Waals surface area contributed by atoms with E-state index in [1.807, 2.05) is 0 Å². The first-order valence-electron chi connectivity index (χ1n) is 3.65. The van der Waals surface area contributed by atoms with Crippen molar-refractivity contribution in [2.24, 2.45) is 10.9 Å². The number of nitrogens with two attached hydrogens (primary N) is 1. The van der Waals surface area contributed by atoms with Crippen molar-refractivity contribution in [3.63, 3.8) is 0 Å². The summed E-state index contributed by atoms with van der Waals surface area (Å²) in [6, 6.07) is 0. The number of ether oxygens (including phenoxy) is 1. The van der Waals surface area contributed by atoms with E-state index in [1.165, 1.54) is 0 Å². The summed E-state index contributed by atoms with van der Waals surface area (Å²) in [5.74, 6) is 5.56. The molecule has 0 aliphatic heterocycles. The van der Waals surface area contributed by atoms with E-state index in [-0.39, 0.29) is 6.10 Å². The van der Waals surface area contributed by atoms with Gasteiger partial charge >= 0.3 is 0 Å². The Morgan fingerprint density at radius 2 is 2.00 bits per heavy atom. The molecule has 0 aromatic carbocycles. The van der Waals surface area contributed by atoms with E-state index in [0.29, 0.717) is 5.90 Å². The molecule has 0 fully saturated rings. The van der Waals surface area contributed by atoms with Crippen molar-refractivity contribution in [1.82, 2.24) is 0 Å². The Bertz CT molecular complexity index is 108. The molecular formula is C7H16N2O. The predicted octanol–water partition coefficient (Wildman–Crippen LogP) is 1.48. The van der Waals surface area contributed by atoms with Crippen LogP contribution in [0.25, 0.3) is 0 Å². The summed E-state index contributed by atoms with van der Waals surface area (Å²) in [5, 5.41) is 3.42. The highest BCUT2D eigenvalue weighted by Crippen LogP contribution is 2.02. The molecular weight excluding hydrogens is 128 g/mol. The van der Waals surface area contributed by atoms with Gasteiger partial charge in [-0.3, -0.25) is 0 Å². The van der Waals surface area contributed by atoms with Gasteiger partial charge in [-0.25, -0.2) is 0 Å². The molecule has 0 aromatic rings. The molecule has 0 saturated heterocycles. The first-order chi connectivity index (χ1) is 4.74. The summed E-state index contributed by atoms with van der Waals surface area (Å²) in [6.45, 7) is 5.92. The van der Waals surface area contributed by atoms with E-state index in [1.54, 1.807) is 6.92 Å². The minimum absolute atomic E-state index is 0.271. The largest absolute Gasteiger partial charge is 0.477 e. The quantitative estimate of drug-likeness (QED) is 0.282. The summed E-state index contributed by atoms with van der Waals surface area (Å²) < 4.78 is 5.32. The lowest BCUT2D eigenvalue weighted by Crippen LogP contribution is -2.15. The van der Waals surface area contributed by atoms with Crippen LogP contribution in [0.1, 0.15) is 33.6 Å². The lowest BCUT2D eigenvalue weighted by molar-refractivity contribution is 0.177. The van der Waals surface area contributed by atoms with Crippen LogP contribution < -0.4 is 5.84 Å². The van der Waals surface area contributed by atoms with Gasteiger partial charge in [-0.2, -0.15) is 0 Å². The normalized spacial score (nSPS) is 12.2. The van der Waals surface area contributed by atoms with E-state index in [2.05, 4.69) is 18.9 Å². The Balaban J connectivity index is 3.63. The molecule has 0 saturated carbocycles. The topological polar surface area (TPSA) is 47.6 Å². The summed E-state index contributed by atoms with van der Waals surface area (Å²) in [6.07, 6.45) is 2.28. The van der Waals surface area contributed by atoms with E-state index in [9.17, 15) is 0 Å². The molecule has 2 N–H and O–H groups in total. The Morgan fingerprint density at radius 3 is 2.30 bits per heavy atom. The van der Waals surface area contributed by atoms with Gasteiger partial charge in [0, 0.05) is 6.92 Å². The Labute approximate surface area is 62.2 Å². The first-order valence-corrected chi connectivity index (χ1v) is 3.65. The summed E-state index contributed by atoms with van der Waals surface area (Å²) in [5.41, 5.74) is 0. The highest BCUT2D eigenvalue weighted by molar-refractivity contribution is 5.72. The molecule has 3 heteroatoms. The number of hydrazone groups is 1. The van der Waals surface area contributed by atoms with Crippen LogP contribution in [0.3, 0.4) is 0 Å². The maximum absolute atomic E-state index is 5.32. The van der Waals surface area contributed by atoms with Crippen molar-refractivity contribution >= 4 is 5.90 Å². The Kier molecular flexibility index (Phi) is 4.72. The second-order valence-electron chi connectivity index (χ2n) is 2.20. The van der Waals surface area contributed by atoms with Crippen LogP contribution in [0.5, 0.6) is 0 Å². The molecule has 0 rings (SSSR count). The maximum atomic E-state index is 5.32. The van der Waals surface area contributed by atoms with Crippen molar-refractivity contribution in [3.05, 3.63) is 0 Å². The third kappa shape index (κ3) is 3.33. The zero-order chi connectivity index (χ0) is 7.98. The van der Waals surface area contributed by atoms with Gasteiger partial charge in [0.05, 0.1) is 6.10 Å². The molecule has 0 aromatic heterocycles. The monoisotopic (exact) mass is 144 g/mol. The standard InChI is InChI=1S/C7H16N2O/c1-4-7(5-2)10-6(3)9-8/h7H,4-5,8H2,1-3H3/b9-6-. The van der Waals surface area contributed by atoms with Crippen LogP contribution in [0.15, 0.2) is 5.10 Å². The summed E-state index contributed by atoms with van der Waals surface area (Å²) in [4.78, 5) is 0. The Morgan fingerprint density at radius 1 is 1.50 bits per heavy atom. The van der Waals surface area contributed by atoms with Crippen molar-refractivity contribution in [2.45, 2.75) is 39.7 Å². The summed E-state index contributed by atoms with van der Waals surface area (Å²) in [7, 11) is 0. The van der Waals surface area contributed by atoms with Gasteiger partial charge in [0.25, 0.3) is 0 Å². The van der Waals surface area contributed by atoms with E-state index < -0.39 is 0 Å². The molecule has 10 heavy (non-hydrogen) atoms. The fourth-order valence-corrected chi connectivity index (χ4v) is 0.727. The zero-order valence-corrected chi connectivity index (χ0v) is 6.92. The fourth-order valence-electron chi connectivity index (χ4n) is 0.727. The van der Waals surface area contributed by atoms with Crippen LogP contribution in [0, 0.1) is 0 Å². The first kappa shape index (κ1) is 9.27. The van der Waals surface area contributed by atoms with Crippen LogP contribution in [0.2, 0.25) is 0 Å². The fraction of sp³-hybridized carbons (Fsp3) is 0.857. The molecule has 0 unspecified atom stereocenters. The van der Waals surface area contributed by atoms with Gasteiger partial charge in [0.1, 0.15) is 0 Å². The lowest BCUT2D eigenvalue weighted by atomic mass is 10.2. The van der Waals surface area contributed by atoms with Crippen LogP contribution in [-0.4, -0.2) is 12.0 Å². The van der Waals surface area contributed by atoms with Crippen LogP contribution in [-0.2, 0) is 4.74 Å². The van der Waals surface area contributed by atoms with Crippen molar-refractivity contribution in [3.8, 4) is 0 Å². The van der Waals surface area contributed by atoms with Gasteiger partial charge in [-0.1, -0.05) is 13.8 Å². The molecule has 0 atom stereocenters. The molecule has 0 aliphatic carbocycles. The minimum Gasteiger partial charge on any atom is -0.477 e. The number of rotatable bonds is 3. The molecule has 0 heterocycles. The highest BCUT2D eigenvalue weighted by atomic mass is 16.5. The van der Waals surface area contributed by atoms with Gasteiger partial charge in [0.2, 0.25) is 5.90 Å². The van der Waals surface area contributed by atoms with Crippen molar-refractivity contribution < 1.29 is 4.74 Å². The van der Waals surface area contributed by atoms with Gasteiger partial charge in [0.15, 0.2) is 0 Å². The Hall–Kier alpha value is -0.730. The second-order valence-corrected chi connectivity index (χ2v) is 2.20. The number of nitrogens with zero attached hydrogens (tertiary/aromatic N) is 1. The highest BCUT2D eigenvalue weighted by Gasteiger charge is 2.03. The molecule has 60 valence electrons. The number of hydrogen-bond donors (Lipinski definition) is 1.